The van der Waals surface area contributed by atoms with Gasteiger partial charge in [-0.2, -0.15) is 13.2 Å². The van der Waals surface area contributed by atoms with Gasteiger partial charge in [0.2, 0.25) is 0 Å². The van der Waals surface area contributed by atoms with Gasteiger partial charge in [0.05, 0.1) is 0 Å². The van der Waals surface area contributed by atoms with Crippen molar-refractivity contribution in [1.29, 1.82) is 0 Å². The molecule has 1 rings (SSSR count). The third kappa shape index (κ3) is 4.78. The Kier molecular flexibility index (Phi) is 5.11. The first-order chi connectivity index (χ1) is 9.43. The second kappa shape index (κ2) is 6.11. The second-order valence-corrected chi connectivity index (χ2v) is 6.30. The number of carboxylic acid groups (broad SMARTS) is 1. The van der Waals surface area contributed by atoms with Gasteiger partial charge < -0.3 is 15.3 Å². The zero-order valence-corrected chi connectivity index (χ0v) is 12.3. The van der Waals surface area contributed by atoms with E-state index < -0.39 is 29.8 Å². The average molecular weight is 310 g/mol. The zero-order valence-electron chi connectivity index (χ0n) is 12.3. The van der Waals surface area contributed by atoms with Crippen molar-refractivity contribution < 1.29 is 27.9 Å². The molecule has 2 N–H and O–H groups in total. The number of carbonyl (C=O) groups is 2. The standard InChI is InChI=1S/C13H21F3N2O3/c1-12(2,3)18(11(20)21)9-6-4-8(5-7-9)17-10(19)13(14,15)16/h8-9H,4-7H2,1-3H3,(H,17,19)(H,20,21)/t8-,9-. The maximum Gasteiger partial charge on any atom is 0.471 e. The van der Waals surface area contributed by atoms with Crippen molar-refractivity contribution in [3.8, 4) is 0 Å². The minimum absolute atomic E-state index is 0.235. The molecule has 0 saturated heterocycles. The molecule has 8 heteroatoms. The molecule has 5 nitrogen and oxygen atoms in total. The van der Waals surface area contributed by atoms with Crippen LogP contribution in [-0.4, -0.2) is 45.8 Å². The first-order valence-corrected chi connectivity index (χ1v) is 6.83. The minimum Gasteiger partial charge on any atom is -0.465 e. The van der Waals surface area contributed by atoms with Crippen LogP contribution in [0.25, 0.3) is 0 Å². The van der Waals surface area contributed by atoms with Crippen LogP contribution in [0.5, 0.6) is 0 Å². The summed E-state index contributed by atoms with van der Waals surface area (Å²) in [5, 5.41) is 11.2. The summed E-state index contributed by atoms with van der Waals surface area (Å²) in [4.78, 5) is 23.6. The van der Waals surface area contributed by atoms with E-state index in [9.17, 15) is 27.9 Å². The lowest BCUT2D eigenvalue weighted by atomic mass is 9.88. The number of nitrogens with zero attached hydrogens (tertiary/aromatic N) is 1. The molecular formula is C13H21F3N2O3. The third-order valence-corrected chi connectivity index (χ3v) is 3.58. The van der Waals surface area contributed by atoms with Gasteiger partial charge in [0.1, 0.15) is 0 Å². The normalized spacial score (nSPS) is 23.5. The number of rotatable bonds is 2. The van der Waals surface area contributed by atoms with Crippen molar-refractivity contribution in [2.45, 2.75) is 70.3 Å². The lowest BCUT2D eigenvalue weighted by molar-refractivity contribution is -0.174. The monoisotopic (exact) mass is 310 g/mol. The maximum absolute atomic E-state index is 12.2. The smallest absolute Gasteiger partial charge is 0.465 e. The molecule has 0 radical (unpaired) electrons. The van der Waals surface area contributed by atoms with Gasteiger partial charge in [0, 0.05) is 17.6 Å². The summed E-state index contributed by atoms with van der Waals surface area (Å²) in [5.41, 5.74) is -0.571. The van der Waals surface area contributed by atoms with Gasteiger partial charge >= 0.3 is 18.2 Å². The average Bonchev–Trinajstić information content (AvgIpc) is 2.27. The highest BCUT2D eigenvalue weighted by molar-refractivity contribution is 5.81. The van der Waals surface area contributed by atoms with E-state index in [0.29, 0.717) is 25.7 Å². The van der Waals surface area contributed by atoms with E-state index in [-0.39, 0.29) is 6.04 Å². The molecule has 1 aliphatic carbocycles. The predicted octanol–water partition coefficient (Wildman–Crippen LogP) is 2.75. The van der Waals surface area contributed by atoms with E-state index in [1.165, 1.54) is 4.90 Å². The first kappa shape index (κ1) is 17.6. The van der Waals surface area contributed by atoms with E-state index in [1.807, 2.05) is 5.32 Å². The van der Waals surface area contributed by atoms with Crippen molar-refractivity contribution in [2.75, 3.05) is 0 Å². The van der Waals surface area contributed by atoms with Crippen LogP contribution >= 0.6 is 0 Å². The molecule has 0 spiro atoms. The van der Waals surface area contributed by atoms with E-state index in [0.717, 1.165) is 0 Å². The fourth-order valence-electron chi connectivity index (χ4n) is 2.74. The Morgan fingerprint density at radius 1 is 1.10 bits per heavy atom. The SMILES string of the molecule is CC(C)(C)N(C(=O)O)[C@H]1CC[C@H](NC(=O)C(F)(F)F)CC1. The Balaban J connectivity index is 2.59. The molecule has 0 aromatic rings. The summed E-state index contributed by atoms with van der Waals surface area (Å²) < 4.78 is 36.5. The van der Waals surface area contributed by atoms with Crippen LogP contribution < -0.4 is 5.32 Å². The van der Waals surface area contributed by atoms with Crippen molar-refractivity contribution in [1.82, 2.24) is 10.2 Å². The van der Waals surface area contributed by atoms with Crippen molar-refractivity contribution in [3.63, 3.8) is 0 Å². The molecule has 0 aliphatic heterocycles. The fraction of sp³-hybridized carbons (Fsp3) is 0.846. The lowest BCUT2D eigenvalue weighted by Gasteiger charge is -2.42. The number of hydrogen-bond donors (Lipinski definition) is 2. The minimum atomic E-state index is -4.88. The van der Waals surface area contributed by atoms with Crippen LogP contribution in [0.1, 0.15) is 46.5 Å². The van der Waals surface area contributed by atoms with Gasteiger partial charge in [-0.1, -0.05) is 0 Å². The topological polar surface area (TPSA) is 69.6 Å². The summed E-state index contributed by atoms with van der Waals surface area (Å²) in [7, 11) is 0. The molecule has 1 aliphatic rings. The van der Waals surface area contributed by atoms with Gasteiger partial charge in [-0.05, 0) is 46.5 Å². The second-order valence-electron chi connectivity index (χ2n) is 6.30. The van der Waals surface area contributed by atoms with Crippen LogP contribution in [0, 0.1) is 0 Å². The number of halogens is 3. The van der Waals surface area contributed by atoms with E-state index >= 15 is 0 Å². The fourth-order valence-corrected chi connectivity index (χ4v) is 2.74. The number of nitrogens with one attached hydrogen (secondary N) is 1. The van der Waals surface area contributed by atoms with E-state index in [1.54, 1.807) is 20.8 Å². The summed E-state index contributed by atoms with van der Waals surface area (Å²) in [6, 6.07) is -0.785. The van der Waals surface area contributed by atoms with Gasteiger partial charge in [-0.15, -0.1) is 0 Å². The number of carbonyl (C=O) groups excluding carboxylic acids is 1. The van der Waals surface area contributed by atoms with Gasteiger partial charge in [0.25, 0.3) is 0 Å². The Bertz CT molecular complexity index is 396. The molecule has 1 fully saturated rings. The molecule has 2 amide bonds. The lowest BCUT2D eigenvalue weighted by Crippen LogP contribution is -2.54. The Hall–Kier alpha value is -1.47. The summed E-state index contributed by atoms with van der Waals surface area (Å²) in [5.74, 6) is -1.93. The molecule has 0 unspecified atom stereocenters. The highest BCUT2D eigenvalue weighted by Gasteiger charge is 2.41. The Labute approximate surface area is 121 Å². The van der Waals surface area contributed by atoms with Crippen LogP contribution in [0.4, 0.5) is 18.0 Å². The summed E-state index contributed by atoms with van der Waals surface area (Å²) >= 11 is 0. The molecule has 0 aromatic carbocycles. The van der Waals surface area contributed by atoms with Crippen LogP contribution in [-0.2, 0) is 4.79 Å². The highest BCUT2D eigenvalue weighted by atomic mass is 19.4. The quantitative estimate of drug-likeness (QED) is 0.824. The van der Waals surface area contributed by atoms with Gasteiger partial charge in [-0.3, -0.25) is 4.79 Å². The van der Waals surface area contributed by atoms with Crippen LogP contribution in [0.15, 0.2) is 0 Å². The Morgan fingerprint density at radius 3 is 1.90 bits per heavy atom. The van der Waals surface area contributed by atoms with Crippen LogP contribution in [0.2, 0.25) is 0 Å². The number of alkyl halides is 3. The van der Waals surface area contributed by atoms with Crippen molar-refractivity contribution in [2.24, 2.45) is 0 Å². The molecule has 0 bridgehead atoms. The molecule has 0 heterocycles. The maximum atomic E-state index is 12.2. The summed E-state index contributed by atoms with van der Waals surface area (Å²) in [6.07, 6.45) is -4.36. The van der Waals surface area contributed by atoms with Crippen molar-refractivity contribution >= 4 is 12.0 Å². The van der Waals surface area contributed by atoms with E-state index in [4.69, 9.17) is 0 Å². The molecule has 0 aromatic heterocycles. The first-order valence-electron chi connectivity index (χ1n) is 6.83. The molecular weight excluding hydrogens is 289 g/mol. The molecule has 21 heavy (non-hydrogen) atoms. The Morgan fingerprint density at radius 2 is 1.57 bits per heavy atom. The largest absolute Gasteiger partial charge is 0.471 e. The van der Waals surface area contributed by atoms with Gasteiger partial charge in [-0.25, -0.2) is 4.79 Å². The highest BCUT2D eigenvalue weighted by Crippen LogP contribution is 2.29. The number of hydrogen-bond acceptors (Lipinski definition) is 2. The van der Waals surface area contributed by atoms with Crippen molar-refractivity contribution in [3.05, 3.63) is 0 Å². The molecule has 122 valence electrons. The number of amides is 2. The summed E-state index contributed by atoms with van der Waals surface area (Å²) in [6.45, 7) is 5.33. The molecule has 1 saturated carbocycles. The zero-order chi connectivity index (χ0) is 16.4. The predicted molar refractivity (Wildman–Crippen MR) is 69.9 cm³/mol. The van der Waals surface area contributed by atoms with Gasteiger partial charge in [0.15, 0.2) is 0 Å². The van der Waals surface area contributed by atoms with Crippen LogP contribution in [0.3, 0.4) is 0 Å². The molecule has 0 atom stereocenters. The third-order valence-electron chi connectivity index (χ3n) is 3.58. The van der Waals surface area contributed by atoms with E-state index in [2.05, 4.69) is 0 Å².